The van der Waals surface area contributed by atoms with E-state index in [1.807, 2.05) is 0 Å². The zero-order chi connectivity index (χ0) is 8.43. The molecular formula is C11H22. The van der Waals surface area contributed by atoms with Gasteiger partial charge in [0.15, 0.2) is 0 Å². The summed E-state index contributed by atoms with van der Waals surface area (Å²) in [5.74, 6) is 3.86. The Bertz CT molecular complexity index is 115. The molecule has 1 saturated carbocycles. The van der Waals surface area contributed by atoms with Gasteiger partial charge in [-0.3, -0.25) is 0 Å². The zero-order valence-electron chi connectivity index (χ0n) is 8.43. The molecule has 0 saturated heterocycles. The van der Waals surface area contributed by atoms with Gasteiger partial charge in [0.1, 0.15) is 0 Å². The van der Waals surface area contributed by atoms with E-state index in [4.69, 9.17) is 0 Å². The quantitative estimate of drug-likeness (QED) is 0.540. The van der Waals surface area contributed by atoms with Gasteiger partial charge < -0.3 is 0 Å². The fourth-order valence-electron chi connectivity index (χ4n) is 2.68. The third-order valence-corrected chi connectivity index (χ3v) is 3.35. The Kier molecular flexibility index (Phi) is 2.98. The number of hydrogen-bond donors (Lipinski definition) is 0. The molecule has 1 rings (SSSR count). The van der Waals surface area contributed by atoms with Gasteiger partial charge in [0, 0.05) is 0 Å². The lowest BCUT2D eigenvalue weighted by molar-refractivity contribution is 0.158. The molecule has 0 aliphatic heterocycles. The summed E-state index contributed by atoms with van der Waals surface area (Å²) in [5, 5.41) is 0. The highest BCUT2D eigenvalue weighted by atomic mass is 14.3. The molecule has 0 radical (unpaired) electrons. The fraction of sp³-hybridized carbons (Fsp3) is 1.00. The summed E-state index contributed by atoms with van der Waals surface area (Å²) < 4.78 is 0. The molecule has 1 aliphatic rings. The van der Waals surface area contributed by atoms with Crippen molar-refractivity contribution in [2.24, 2.45) is 23.7 Å². The SMILES string of the molecule is CC1CC[C@@H](C(C)C)C(C)C1. The van der Waals surface area contributed by atoms with Crippen molar-refractivity contribution in [3.05, 3.63) is 0 Å². The minimum atomic E-state index is 0.900. The van der Waals surface area contributed by atoms with Crippen molar-refractivity contribution in [1.29, 1.82) is 0 Å². The molecule has 0 spiro atoms. The highest BCUT2D eigenvalue weighted by Crippen LogP contribution is 2.37. The van der Waals surface area contributed by atoms with E-state index in [9.17, 15) is 0 Å². The van der Waals surface area contributed by atoms with Crippen molar-refractivity contribution in [3.63, 3.8) is 0 Å². The van der Waals surface area contributed by atoms with Gasteiger partial charge >= 0.3 is 0 Å². The Morgan fingerprint density at radius 2 is 1.73 bits per heavy atom. The Hall–Kier alpha value is 0. The lowest BCUT2D eigenvalue weighted by Gasteiger charge is -2.35. The molecule has 0 nitrogen and oxygen atoms in total. The molecule has 11 heavy (non-hydrogen) atoms. The Labute approximate surface area is 71.4 Å². The molecular weight excluding hydrogens is 132 g/mol. The van der Waals surface area contributed by atoms with Crippen LogP contribution in [0.25, 0.3) is 0 Å². The van der Waals surface area contributed by atoms with Crippen molar-refractivity contribution in [3.8, 4) is 0 Å². The molecule has 0 aromatic rings. The fourth-order valence-corrected chi connectivity index (χ4v) is 2.68. The minimum Gasteiger partial charge on any atom is -0.0625 e. The predicted octanol–water partition coefficient (Wildman–Crippen LogP) is 3.71. The Morgan fingerprint density at radius 1 is 1.09 bits per heavy atom. The van der Waals surface area contributed by atoms with Crippen molar-refractivity contribution < 1.29 is 0 Å². The first-order chi connectivity index (χ1) is 5.11. The van der Waals surface area contributed by atoms with E-state index in [1.54, 1.807) is 0 Å². The first kappa shape index (κ1) is 9.09. The minimum absolute atomic E-state index is 0.900. The second-order valence-electron chi connectivity index (χ2n) is 4.80. The van der Waals surface area contributed by atoms with E-state index in [0.29, 0.717) is 0 Å². The second kappa shape index (κ2) is 3.60. The van der Waals surface area contributed by atoms with Crippen molar-refractivity contribution in [2.45, 2.75) is 47.0 Å². The van der Waals surface area contributed by atoms with Crippen LogP contribution < -0.4 is 0 Å². The molecule has 66 valence electrons. The normalized spacial score (nSPS) is 39.5. The molecule has 0 aromatic carbocycles. The predicted molar refractivity (Wildman–Crippen MR) is 50.5 cm³/mol. The standard InChI is InChI=1S/C11H22/c1-8(2)11-6-5-9(3)7-10(11)4/h8-11H,5-7H2,1-4H3/t9?,10?,11-/m0/s1. The van der Waals surface area contributed by atoms with Crippen molar-refractivity contribution in [2.75, 3.05) is 0 Å². The third kappa shape index (κ3) is 2.21. The maximum Gasteiger partial charge on any atom is -0.0365 e. The number of hydrogen-bond acceptors (Lipinski definition) is 0. The van der Waals surface area contributed by atoms with Gasteiger partial charge in [0.25, 0.3) is 0 Å². The van der Waals surface area contributed by atoms with Gasteiger partial charge in [-0.05, 0) is 36.5 Å². The van der Waals surface area contributed by atoms with Crippen LogP contribution in [0, 0.1) is 23.7 Å². The molecule has 3 atom stereocenters. The third-order valence-electron chi connectivity index (χ3n) is 3.35. The van der Waals surface area contributed by atoms with Gasteiger partial charge in [0.05, 0.1) is 0 Å². The first-order valence-electron chi connectivity index (χ1n) is 5.11. The molecule has 0 bridgehead atoms. The average Bonchev–Trinajstić information content (AvgIpc) is 1.85. The Balaban J connectivity index is 2.44. The van der Waals surface area contributed by atoms with Crippen LogP contribution in [0.1, 0.15) is 47.0 Å². The van der Waals surface area contributed by atoms with Crippen LogP contribution in [0.2, 0.25) is 0 Å². The lowest BCUT2D eigenvalue weighted by Crippen LogP contribution is -2.25. The highest BCUT2D eigenvalue weighted by Gasteiger charge is 2.26. The van der Waals surface area contributed by atoms with Gasteiger partial charge in [-0.15, -0.1) is 0 Å². The molecule has 2 unspecified atom stereocenters. The summed E-state index contributed by atoms with van der Waals surface area (Å²) in [4.78, 5) is 0. The van der Waals surface area contributed by atoms with Crippen LogP contribution in [-0.2, 0) is 0 Å². The van der Waals surface area contributed by atoms with E-state index in [-0.39, 0.29) is 0 Å². The lowest BCUT2D eigenvalue weighted by atomic mass is 9.71. The molecule has 0 heteroatoms. The summed E-state index contributed by atoms with van der Waals surface area (Å²) in [7, 11) is 0. The summed E-state index contributed by atoms with van der Waals surface area (Å²) >= 11 is 0. The van der Waals surface area contributed by atoms with Gasteiger partial charge in [-0.2, -0.15) is 0 Å². The second-order valence-corrected chi connectivity index (χ2v) is 4.80. The van der Waals surface area contributed by atoms with Crippen molar-refractivity contribution >= 4 is 0 Å². The first-order valence-corrected chi connectivity index (χ1v) is 5.11. The summed E-state index contributed by atoms with van der Waals surface area (Å²) in [6.45, 7) is 9.57. The van der Waals surface area contributed by atoms with Gasteiger partial charge in [-0.25, -0.2) is 0 Å². The van der Waals surface area contributed by atoms with Crippen LogP contribution in [0.4, 0.5) is 0 Å². The number of rotatable bonds is 1. The highest BCUT2D eigenvalue weighted by molar-refractivity contribution is 4.77. The smallest absolute Gasteiger partial charge is 0.0365 e. The van der Waals surface area contributed by atoms with Crippen LogP contribution in [0.5, 0.6) is 0 Å². The molecule has 0 heterocycles. The van der Waals surface area contributed by atoms with E-state index in [2.05, 4.69) is 27.7 Å². The summed E-state index contributed by atoms with van der Waals surface area (Å²) in [6.07, 6.45) is 4.40. The van der Waals surface area contributed by atoms with E-state index in [1.165, 1.54) is 19.3 Å². The maximum atomic E-state index is 2.43. The molecule has 1 fully saturated rings. The van der Waals surface area contributed by atoms with E-state index >= 15 is 0 Å². The topological polar surface area (TPSA) is 0 Å². The zero-order valence-corrected chi connectivity index (χ0v) is 8.43. The maximum absolute atomic E-state index is 2.43. The van der Waals surface area contributed by atoms with Gasteiger partial charge in [-0.1, -0.05) is 34.1 Å². The van der Waals surface area contributed by atoms with Crippen molar-refractivity contribution in [1.82, 2.24) is 0 Å². The Morgan fingerprint density at radius 3 is 2.18 bits per heavy atom. The van der Waals surface area contributed by atoms with Gasteiger partial charge in [0.2, 0.25) is 0 Å². The van der Waals surface area contributed by atoms with E-state index in [0.717, 1.165) is 23.7 Å². The van der Waals surface area contributed by atoms with Crippen LogP contribution >= 0.6 is 0 Å². The van der Waals surface area contributed by atoms with Crippen LogP contribution in [0.15, 0.2) is 0 Å². The van der Waals surface area contributed by atoms with E-state index < -0.39 is 0 Å². The molecule has 0 amide bonds. The largest absolute Gasteiger partial charge is 0.0625 e. The average molecular weight is 154 g/mol. The van der Waals surface area contributed by atoms with Crippen LogP contribution in [-0.4, -0.2) is 0 Å². The summed E-state index contributed by atoms with van der Waals surface area (Å²) in [5.41, 5.74) is 0. The molecule has 0 N–H and O–H groups in total. The summed E-state index contributed by atoms with van der Waals surface area (Å²) in [6, 6.07) is 0. The van der Waals surface area contributed by atoms with Crippen LogP contribution in [0.3, 0.4) is 0 Å². The molecule has 0 aromatic heterocycles. The molecule has 1 aliphatic carbocycles. The monoisotopic (exact) mass is 154 g/mol.